The largest absolute Gasteiger partial charge is 0.493 e. The van der Waals surface area contributed by atoms with Crippen molar-refractivity contribution in [3.8, 4) is 11.5 Å². The number of halogens is 1. The Labute approximate surface area is 177 Å². The molecule has 144 valence electrons. The van der Waals surface area contributed by atoms with Crippen molar-refractivity contribution < 1.29 is 14.3 Å². The molecular formula is C22H20BrNO3S. The highest BCUT2D eigenvalue weighted by Crippen LogP contribution is 2.59. The van der Waals surface area contributed by atoms with Crippen LogP contribution in [0.5, 0.6) is 11.5 Å². The highest BCUT2D eigenvalue weighted by molar-refractivity contribution is 9.15. The van der Waals surface area contributed by atoms with Crippen LogP contribution in [0.25, 0.3) is 4.48 Å². The van der Waals surface area contributed by atoms with Gasteiger partial charge in [-0.15, -0.1) is 0 Å². The summed E-state index contributed by atoms with van der Waals surface area (Å²) in [5.41, 5.74) is 2.89. The van der Waals surface area contributed by atoms with E-state index in [2.05, 4.69) is 15.9 Å². The van der Waals surface area contributed by atoms with Gasteiger partial charge < -0.3 is 14.4 Å². The van der Waals surface area contributed by atoms with Crippen molar-refractivity contribution in [3.63, 3.8) is 0 Å². The molecule has 0 aromatic heterocycles. The van der Waals surface area contributed by atoms with Gasteiger partial charge in [-0.05, 0) is 40.6 Å². The Morgan fingerprint density at radius 2 is 1.82 bits per heavy atom. The van der Waals surface area contributed by atoms with Crippen molar-refractivity contribution in [2.75, 3.05) is 25.7 Å². The van der Waals surface area contributed by atoms with Gasteiger partial charge in [0.2, 0.25) is 0 Å². The molecule has 1 atom stereocenters. The number of hydrogen-bond acceptors (Lipinski definition) is 4. The summed E-state index contributed by atoms with van der Waals surface area (Å²) in [5.74, 6) is 1.31. The minimum absolute atomic E-state index is 0.0601. The molecule has 4 rings (SSSR count). The molecule has 0 N–H and O–H groups in total. The molecule has 6 heteroatoms. The van der Waals surface area contributed by atoms with Crippen molar-refractivity contribution in [1.82, 2.24) is 0 Å². The zero-order valence-electron chi connectivity index (χ0n) is 15.9. The molecule has 0 saturated heterocycles. The van der Waals surface area contributed by atoms with Crippen molar-refractivity contribution in [3.05, 3.63) is 70.6 Å². The molecule has 2 aromatic rings. The summed E-state index contributed by atoms with van der Waals surface area (Å²) in [4.78, 5) is 16.3. The minimum Gasteiger partial charge on any atom is -0.493 e. The third-order valence-corrected chi connectivity index (χ3v) is 7.62. The minimum atomic E-state index is -0.784. The second-order valence-electron chi connectivity index (χ2n) is 6.49. The average Bonchev–Trinajstić information content (AvgIpc) is 3.28. The number of carbonyl (C=O) groups is 1. The molecule has 0 bridgehead atoms. The van der Waals surface area contributed by atoms with E-state index in [-0.39, 0.29) is 5.91 Å². The molecule has 2 aliphatic heterocycles. The smallest absolute Gasteiger partial charge is 0.252 e. The molecule has 1 spiro atoms. The van der Waals surface area contributed by atoms with Crippen LogP contribution in [0, 0.1) is 0 Å². The van der Waals surface area contributed by atoms with E-state index < -0.39 is 4.75 Å². The van der Waals surface area contributed by atoms with Crippen LogP contribution in [0.15, 0.2) is 59.5 Å². The topological polar surface area (TPSA) is 38.8 Å². The van der Waals surface area contributed by atoms with Gasteiger partial charge in [-0.2, -0.15) is 0 Å². The molecule has 1 unspecified atom stereocenters. The highest BCUT2D eigenvalue weighted by atomic mass is 79.9. The van der Waals surface area contributed by atoms with Gasteiger partial charge in [0.25, 0.3) is 5.91 Å². The van der Waals surface area contributed by atoms with E-state index in [1.54, 1.807) is 26.0 Å². The van der Waals surface area contributed by atoms with Crippen LogP contribution in [0.4, 0.5) is 5.69 Å². The first-order valence-corrected chi connectivity index (χ1v) is 10.6. The fraction of sp³-hybridized carbons (Fsp3) is 0.227. The van der Waals surface area contributed by atoms with Crippen LogP contribution in [-0.4, -0.2) is 26.7 Å². The number of anilines is 1. The molecule has 0 aliphatic carbocycles. The number of benzene rings is 2. The summed E-state index contributed by atoms with van der Waals surface area (Å²) in [7, 11) is 3.22. The summed E-state index contributed by atoms with van der Waals surface area (Å²) in [5, 5.41) is 0. The average molecular weight is 458 g/mol. The Balaban J connectivity index is 1.84. The van der Waals surface area contributed by atoms with Gasteiger partial charge in [0.1, 0.15) is 4.75 Å². The van der Waals surface area contributed by atoms with Gasteiger partial charge >= 0.3 is 0 Å². The number of carbonyl (C=O) groups excluding carboxylic acids is 1. The number of likely N-dealkylation sites (N-methyl/N-ethyl adjacent to an activating group) is 1. The van der Waals surface area contributed by atoms with Crippen LogP contribution < -0.4 is 14.4 Å². The third kappa shape index (κ3) is 2.78. The number of allylic oxidation sites excluding steroid dienone is 1. The standard InChI is InChI=1S/C22H20BrNO3S/c1-4-24-16-13-18(27-3)17(26-2)12-15(16)22(21(24)25)11-10-19(28-22)20(23)14-8-6-5-7-9-14/h5-13H,4H2,1-3H3/b20-19+. The first kappa shape index (κ1) is 19.2. The van der Waals surface area contributed by atoms with Crippen LogP contribution in [0.1, 0.15) is 18.1 Å². The lowest BCUT2D eigenvalue weighted by atomic mass is 9.98. The molecule has 0 saturated carbocycles. The quantitative estimate of drug-likeness (QED) is 0.621. The van der Waals surface area contributed by atoms with Gasteiger partial charge in [0.15, 0.2) is 11.5 Å². The molecule has 1 amide bonds. The van der Waals surface area contributed by atoms with E-state index in [4.69, 9.17) is 9.47 Å². The maximum atomic E-state index is 13.5. The number of amides is 1. The fourth-order valence-electron chi connectivity index (χ4n) is 3.67. The predicted octanol–water partition coefficient (Wildman–Crippen LogP) is 5.33. The zero-order valence-corrected chi connectivity index (χ0v) is 18.3. The third-order valence-electron chi connectivity index (χ3n) is 5.06. The lowest BCUT2D eigenvalue weighted by Gasteiger charge is -2.21. The lowest BCUT2D eigenvalue weighted by Crippen LogP contribution is -2.35. The first-order valence-electron chi connectivity index (χ1n) is 8.97. The molecule has 2 heterocycles. The molecule has 2 aromatic carbocycles. The zero-order chi connectivity index (χ0) is 19.9. The van der Waals surface area contributed by atoms with Crippen molar-refractivity contribution in [2.24, 2.45) is 0 Å². The van der Waals surface area contributed by atoms with Crippen LogP contribution >= 0.6 is 27.7 Å². The molecule has 28 heavy (non-hydrogen) atoms. The Morgan fingerprint density at radius 3 is 2.46 bits per heavy atom. The Bertz CT molecular complexity index is 1000. The Morgan fingerprint density at radius 1 is 1.14 bits per heavy atom. The molecule has 0 radical (unpaired) electrons. The Hall–Kier alpha value is -2.18. The Kier molecular flexibility index (Phi) is 5.02. The van der Waals surface area contributed by atoms with Gasteiger partial charge in [-0.1, -0.05) is 48.2 Å². The first-order chi connectivity index (χ1) is 13.6. The van der Waals surface area contributed by atoms with Crippen molar-refractivity contribution in [2.45, 2.75) is 11.7 Å². The maximum Gasteiger partial charge on any atom is 0.252 e. The summed E-state index contributed by atoms with van der Waals surface area (Å²) in [6.07, 6.45) is 4.03. The molecule has 4 nitrogen and oxygen atoms in total. The second-order valence-corrected chi connectivity index (χ2v) is 8.57. The number of rotatable bonds is 4. The van der Waals surface area contributed by atoms with Gasteiger partial charge in [-0.25, -0.2) is 0 Å². The van der Waals surface area contributed by atoms with Crippen LogP contribution in [-0.2, 0) is 9.54 Å². The van der Waals surface area contributed by atoms with Crippen LogP contribution in [0.3, 0.4) is 0 Å². The summed E-state index contributed by atoms with van der Waals surface area (Å²) in [6, 6.07) is 13.9. The van der Waals surface area contributed by atoms with Crippen molar-refractivity contribution >= 4 is 43.8 Å². The van der Waals surface area contributed by atoms with E-state index in [0.29, 0.717) is 18.0 Å². The fourth-order valence-corrected chi connectivity index (χ4v) is 5.60. The lowest BCUT2D eigenvalue weighted by molar-refractivity contribution is -0.119. The normalized spacial score (nSPS) is 22.0. The SMILES string of the molecule is CCN1C(=O)C2(C=C/C(=C(\Br)c3ccccc3)S2)c2cc(OC)c(OC)cc21. The van der Waals surface area contributed by atoms with Gasteiger partial charge in [0.05, 0.1) is 19.9 Å². The van der Waals surface area contributed by atoms with Crippen LogP contribution in [0.2, 0.25) is 0 Å². The second kappa shape index (κ2) is 7.33. The summed E-state index contributed by atoms with van der Waals surface area (Å²) in [6.45, 7) is 2.58. The van der Waals surface area contributed by atoms with Gasteiger partial charge in [0, 0.05) is 27.6 Å². The summed E-state index contributed by atoms with van der Waals surface area (Å²) < 4.78 is 11.2. The molecule has 0 fully saturated rings. The number of methoxy groups -OCH3 is 2. The number of ether oxygens (including phenoxy) is 2. The molecular weight excluding hydrogens is 438 g/mol. The van der Waals surface area contributed by atoms with Gasteiger partial charge in [-0.3, -0.25) is 4.79 Å². The number of nitrogens with zero attached hydrogens (tertiary/aromatic N) is 1. The van der Waals surface area contributed by atoms with E-state index in [9.17, 15) is 4.79 Å². The summed E-state index contributed by atoms with van der Waals surface area (Å²) >= 11 is 5.28. The van der Waals surface area contributed by atoms with Crippen molar-refractivity contribution in [1.29, 1.82) is 0 Å². The predicted molar refractivity (Wildman–Crippen MR) is 118 cm³/mol. The molecule has 2 aliphatic rings. The highest BCUT2D eigenvalue weighted by Gasteiger charge is 2.52. The number of fused-ring (bicyclic) bond motifs is 2. The number of hydrogen-bond donors (Lipinski definition) is 0. The monoisotopic (exact) mass is 457 g/mol. The number of thioether (sulfide) groups is 1. The van der Waals surface area contributed by atoms with E-state index >= 15 is 0 Å². The maximum absolute atomic E-state index is 13.5. The van der Waals surface area contributed by atoms with E-state index in [1.165, 1.54) is 0 Å². The van der Waals surface area contributed by atoms with E-state index in [0.717, 1.165) is 26.2 Å². The van der Waals surface area contributed by atoms with E-state index in [1.807, 2.05) is 66.4 Å².